The minimum Gasteiger partial charge on any atom is -0.481 e. The predicted molar refractivity (Wildman–Crippen MR) is 182 cm³/mol. The Kier molecular flexibility index (Phi) is 12.6. The van der Waals surface area contributed by atoms with Crippen LogP contribution < -0.4 is 31.6 Å². The molecule has 0 aliphatic heterocycles. The standard InChI is InChI=1S/C34H38Cl2N6O4/c1-45-32-21(8-3-4-19-40-34(38)44)14-16-27(41-32)25-11-5-9-23(30(25)35)24-10-6-12-26(31(24)36)28-17-15-22(33(42-28)46-2)20-39-18-7-13-29(37)43/h5-6,9-12,14-17,39H,3-4,7-8,13,18-20H2,1-2H3,(H2,37,43)(H3,38,40,44). The van der Waals surface area contributed by atoms with Crippen LogP contribution in [0.3, 0.4) is 0 Å². The van der Waals surface area contributed by atoms with Gasteiger partial charge in [0.2, 0.25) is 17.7 Å². The first kappa shape index (κ1) is 34.5. The molecule has 10 nitrogen and oxygen atoms in total. The van der Waals surface area contributed by atoms with Crippen LogP contribution >= 0.6 is 23.2 Å². The number of nitrogens with zero attached hydrogens (tertiary/aromatic N) is 2. The predicted octanol–water partition coefficient (Wildman–Crippen LogP) is 6.15. The second-order valence-corrected chi connectivity index (χ2v) is 11.3. The molecule has 0 saturated carbocycles. The molecule has 0 spiro atoms. The van der Waals surface area contributed by atoms with E-state index in [1.165, 1.54) is 0 Å². The SMILES string of the molecule is COc1nc(-c2cccc(-c3cccc(-c4ccc(CNCCCC(N)=O)c(OC)n4)c3Cl)c2Cl)ccc1CCCCNC(N)=O. The summed E-state index contributed by atoms with van der Waals surface area (Å²) in [5, 5.41) is 6.89. The van der Waals surface area contributed by atoms with Gasteiger partial charge >= 0.3 is 6.03 Å². The number of urea groups is 1. The number of unbranched alkanes of at least 4 members (excludes halogenated alkanes) is 1. The Labute approximate surface area is 278 Å². The lowest BCUT2D eigenvalue weighted by Crippen LogP contribution is -2.30. The highest BCUT2D eigenvalue weighted by Gasteiger charge is 2.18. The summed E-state index contributed by atoms with van der Waals surface area (Å²) in [6.07, 6.45) is 3.34. The minimum absolute atomic E-state index is 0.316. The average molecular weight is 666 g/mol. The van der Waals surface area contributed by atoms with E-state index in [2.05, 4.69) is 10.6 Å². The van der Waals surface area contributed by atoms with Gasteiger partial charge in [-0.25, -0.2) is 14.8 Å². The molecule has 0 aliphatic carbocycles. The number of pyridine rings is 2. The zero-order valence-electron chi connectivity index (χ0n) is 25.9. The Balaban J connectivity index is 1.57. The lowest BCUT2D eigenvalue weighted by atomic mass is 9.98. The molecule has 4 aromatic rings. The van der Waals surface area contributed by atoms with Gasteiger partial charge in [-0.2, -0.15) is 0 Å². The number of nitrogens with two attached hydrogens (primary N) is 2. The maximum atomic E-state index is 11.0. The number of hydrogen-bond donors (Lipinski definition) is 4. The first-order chi connectivity index (χ1) is 22.2. The number of carbonyl (C=O) groups excluding carboxylic acids is 2. The number of primary amides is 2. The molecule has 12 heteroatoms. The minimum atomic E-state index is -0.526. The van der Waals surface area contributed by atoms with E-state index >= 15 is 0 Å². The van der Waals surface area contributed by atoms with Crippen molar-refractivity contribution in [2.75, 3.05) is 27.3 Å². The van der Waals surface area contributed by atoms with Crippen LogP contribution in [0.4, 0.5) is 4.79 Å². The van der Waals surface area contributed by atoms with E-state index in [-0.39, 0.29) is 5.91 Å². The summed E-state index contributed by atoms with van der Waals surface area (Å²) in [5.41, 5.74) is 16.5. The van der Waals surface area contributed by atoms with Gasteiger partial charge in [-0.1, -0.05) is 71.7 Å². The van der Waals surface area contributed by atoms with Crippen LogP contribution in [0.2, 0.25) is 10.0 Å². The van der Waals surface area contributed by atoms with Crippen molar-refractivity contribution in [3.05, 3.63) is 81.8 Å². The maximum Gasteiger partial charge on any atom is 0.312 e. The van der Waals surface area contributed by atoms with Crippen molar-refractivity contribution in [1.29, 1.82) is 0 Å². The molecule has 0 fully saturated rings. The Morgan fingerprint density at radius 3 is 1.80 bits per heavy atom. The number of nitrogens with one attached hydrogen (secondary N) is 2. The van der Waals surface area contributed by atoms with Gasteiger partial charge in [-0.3, -0.25) is 4.79 Å². The molecular weight excluding hydrogens is 627 g/mol. The number of aryl methyl sites for hydroxylation is 1. The quantitative estimate of drug-likeness (QED) is 0.105. The summed E-state index contributed by atoms with van der Waals surface area (Å²) in [6, 6.07) is 18.7. The van der Waals surface area contributed by atoms with Gasteiger partial charge in [-0.05, 0) is 44.4 Å². The van der Waals surface area contributed by atoms with Crippen molar-refractivity contribution in [3.8, 4) is 45.4 Å². The fourth-order valence-corrected chi connectivity index (χ4v) is 5.70. The summed E-state index contributed by atoms with van der Waals surface area (Å²) in [7, 11) is 3.16. The lowest BCUT2D eigenvalue weighted by Gasteiger charge is -2.15. The highest BCUT2D eigenvalue weighted by molar-refractivity contribution is 6.39. The number of aromatic nitrogens is 2. The zero-order valence-corrected chi connectivity index (χ0v) is 27.4. The van der Waals surface area contributed by atoms with E-state index in [9.17, 15) is 9.59 Å². The van der Waals surface area contributed by atoms with Crippen LogP contribution in [0.15, 0.2) is 60.7 Å². The summed E-state index contributed by atoms with van der Waals surface area (Å²) in [5.74, 6) is 0.683. The third-order valence-electron chi connectivity index (χ3n) is 7.37. The van der Waals surface area contributed by atoms with Crippen molar-refractivity contribution in [1.82, 2.24) is 20.6 Å². The molecule has 0 radical (unpaired) electrons. The molecule has 46 heavy (non-hydrogen) atoms. The Morgan fingerprint density at radius 1 is 0.717 bits per heavy atom. The average Bonchev–Trinajstić information content (AvgIpc) is 3.04. The van der Waals surface area contributed by atoms with Gasteiger partial charge in [0.05, 0.1) is 35.7 Å². The van der Waals surface area contributed by atoms with E-state index in [0.717, 1.165) is 52.6 Å². The molecule has 4 rings (SSSR count). The van der Waals surface area contributed by atoms with Crippen LogP contribution in [0, 0.1) is 0 Å². The summed E-state index contributed by atoms with van der Waals surface area (Å²) >= 11 is 14.1. The van der Waals surface area contributed by atoms with Crippen LogP contribution in [-0.2, 0) is 17.8 Å². The van der Waals surface area contributed by atoms with Crippen LogP contribution in [0.25, 0.3) is 33.6 Å². The van der Waals surface area contributed by atoms with Crippen molar-refractivity contribution >= 4 is 35.1 Å². The summed E-state index contributed by atoms with van der Waals surface area (Å²) in [4.78, 5) is 31.3. The number of benzene rings is 2. The van der Waals surface area contributed by atoms with Crippen molar-refractivity contribution < 1.29 is 19.1 Å². The molecule has 242 valence electrons. The number of carbonyl (C=O) groups is 2. The number of amides is 3. The Morgan fingerprint density at radius 2 is 1.26 bits per heavy atom. The second kappa shape index (κ2) is 16.8. The number of methoxy groups -OCH3 is 2. The molecule has 0 aliphatic rings. The normalized spacial score (nSPS) is 10.9. The van der Waals surface area contributed by atoms with Gasteiger partial charge in [-0.15, -0.1) is 0 Å². The van der Waals surface area contributed by atoms with Crippen LogP contribution in [-0.4, -0.2) is 49.2 Å². The smallest absolute Gasteiger partial charge is 0.312 e. The largest absolute Gasteiger partial charge is 0.481 e. The topological polar surface area (TPSA) is 154 Å². The third kappa shape index (κ3) is 8.87. The van der Waals surface area contributed by atoms with E-state index in [4.69, 9.17) is 54.1 Å². The Hall–Kier alpha value is -4.38. The van der Waals surface area contributed by atoms with Gasteiger partial charge in [0.1, 0.15) is 0 Å². The highest BCUT2D eigenvalue weighted by atomic mass is 35.5. The Bertz CT molecular complexity index is 1560. The number of halogens is 2. The van der Waals surface area contributed by atoms with Crippen LogP contribution in [0.5, 0.6) is 11.8 Å². The van der Waals surface area contributed by atoms with E-state index in [1.54, 1.807) is 14.2 Å². The second-order valence-electron chi connectivity index (χ2n) is 10.6. The van der Waals surface area contributed by atoms with Gasteiger partial charge in [0.25, 0.3) is 0 Å². The van der Waals surface area contributed by atoms with Crippen molar-refractivity contribution in [2.45, 2.75) is 38.6 Å². The monoisotopic (exact) mass is 664 g/mol. The zero-order chi connectivity index (χ0) is 33.1. The number of hydrogen-bond acceptors (Lipinski definition) is 7. The molecule has 2 aromatic heterocycles. The number of ether oxygens (including phenoxy) is 2. The maximum absolute atomic E-state index is 11.0. The fraction of sp³-hybridized carbons (Fsp3) is 0.294. The molecule has 2 aromatic carbocycles. The van der Waals surface area contributed by atoms with Gasteiger partial charge < -0.3 is 31.6 Å². The molecular formula is C34H38Cl2N6O4. The summed E-state index contributed by atoms with van der Waals surface area (Å²) < 4.78 is 11.2. The van der Waals surface area contributed by atoms with E-state index in [1.807, 2.05) is 60.7 Å². The van der Waals surface area contributed by atoms with E-state index < -0.39 is 6.03 Å². The molecule has 3 amide bonds. The van der Waals surface area contributed by atoms with Crippen molar-refractivity contribution in [3.63, 3.8) is 0 Å². The first-order valence-corrected chi connectivity index (χ1v) is 15.7. The molecule has 0 atom stereocenters. The highest BCUT2D eigenvalue weighted by Crippen LogP contribution is 2.42. The third-order valence-corrected chi connectivity index (χ3v) is 8.18. The molecule has 0 unspecified atom stereocenters. The first-order valence-electron chi connectivity index (χ1n) is 14.9. The fourth-order valence-electron chi connectivity index (χ4n) is 5.06. The van der Waals surface area contributed by atoms with Crippen molar-refractivity contribution in [2.24, 2.45) is 11.5 Å². The number of rotatable bonds is 16. The van der Waals surface area contributed by atoms with Gasteiger partial charge in [0, 0.05) is 52.9 Å². The van der Waals surface area contributed by atoms with Crippen LogP contribution in [0.1, 0.15) is 36.8 Å². The summed E-state index contributed by atoms with van der Waals surface area (Å²) in [6.45, 7) is 1.69. The molecule has 2 heterocycles. The van der Waals surface area contributed by atoms with E-state index in [0.29, 0.717) is 65.7 Å². The molecule has 6 N–H and O–H groups in total. The molecule has 0 bridgehead atoms. The van der Waals surface area contributed by atoms with Gasteiger partial charge in [0.15, 0.2) is 0 Å². The lowest BCUT2D eigenvalue weighted by molar-refractivity contribution is -0.118. The molecule has 0 saturated heterocycles.